The first-order chi connectivity index (χ1) is 7.86. The van der Waals surface area contributed by atoms with Crippen LogP contribution in [-0.4, -0.2) is 9.55 Å². The number of imidazole rings is 1. The second-order valence-electron chi connectivity index (χ2n) is 3.78. The van der Waals surface area contributed by atoms with Gasteiger partial charge in [0.2, 0.25) is 0 Å². The first kappa shape index (κ1) is 9.16. The number of aryl methyl sites for hydroxylation is 1. The minimum atomic E-state index is 0.996. The third-order valence-electron chi connectivity index (χ3n) is 2.76. The Kier molecular flexibility index (Phi) is 2.00. The summed E-state index contributed by atoms with van der Waals surface area (Å²) in [7, 11) is 2.03. The van der Waals surface area contributed by atoms with Crippen molar-refractivity contribution >= 4 is 11.0 Å². The Morgan fingerprint density at radius 3 is 2.69 bits per heavy atom. The van der Waals surface area contributed by atoms with Crippen LogP contribution in [0, 0.1) is 6.07 Å². The van der Waals surface area contributed by atoms with Crippen LogP contribution >= 0.6 is 0 Å². The fraction of sp³-hybridized carbons (Fsp3) is 0.0714. The first-order valence-corrected chi connectivity index (χ1v) is 5.24. The fourth-order valence-electron chi connectivity index (χ4n) is 1.93. The molecule has 3 rings (SSSR count). The lowest BCUT2D eigenvalue weighted by atomic mass is 10.2. The lowest BCUT2D eigenvalue weighted by Crippen LogP contribution is -1.91. The van der Waals surface area contributed by atoms with Crippen molar-refractivity contribution in [1.29, 1.82) is 0 Å². The molecule has 0 atom stereocenters. The summed E-state index contributed by atoms with van der Waals surface area (Å²) in [4.78, 5) is 4.63. The minimum absolute atomic E-state index is 0.996. The molecule has 0 fully saturated rings. The van der Waals surface area contributed by atoms with Gasteiger partial charge in [0.25, 0.3) is 0 Å². The van der Waals surface area contributed by atoms with Crippen molar-refractivity contribution in [2.24, 2.45) is 7.05 Å². The monoisotopic (exact) mass is 207 g/mol. The maximum Gasteiger partial charge on any atom is 0.140 e. The van der Waals surface area contributed by atoms with Crippen molar-refractivity contribution in [2.45, 2.75) is 0 Å². The molecule has 1 aromatic heterocycles. The summed E-state index contributed by atoms with van der Waals surface area (Å²) in [6, 6.07) is 19.1. The summed E-state index contributed by atoms with van der Waals surface area (Å²) >= 11 is 0. The molecule has 2 heteroatoms. The molecule has 0 saturated heterocycles. The number of benzene rings is 2. The van der Waals surface area contributed by atoms with Gasteiger partial charge in [0.15, 0.2) is 0 Å². The van der Waals surface area contributed by atoms with E-state index in [9.17, 15) is 0 Å². The molecule has 0 aliphatic heterocycles. The molecule has 0 N–H and O–H groups in total. The topological polar surface area (TPSA) is 17.8 Å². The lowest BCUT2D eigenvalue weighted by molar-refractivity contribution is 0.959. The number of rotatable bonds is 1. The molecule has 0 aliphatic carbocycles. The van der Waals surface area contributed by atoms with E-state index in [2.05, 4.69) is 27.8 Å². The van der Waals surface area contributed by atoms with Crippen molar-refractivity contribution in [3.8, 4) is 11.4 Å². The highest BCUT2D eigenvalue weighted by molar-refractivity contribution is 5.80. The van der Waals surface area contributed by atoms with Crippen LogP contribution in [0.3, 0.4) is 0 Å². The molecule has 0 spiro atoms. The van der Waals surface area contributed by atoms with E-state index in [0.717, 1.165) is 22.4 Å². The van der Waals surface area contributed by atoms with Gasteiger partial charge in [-0.3, -0.25) is 0 Å². The van der Waals surface area contributed by atoms with Gasteiger partial charge >= 0.3 is 0 Å². The van der Waals surface area contributed by atoms with Crippen LogP contribution in [0.2, 0.25) is 0 Å². The van der Waals surface area contributed by atoms with E-state index in [1.54, 1.807) is 0 Å². The van der Waals surface area contributed by atoms with Crippen LogP contribution in [0.15, 0.2) is 48.5 Å². The number of nitrogens with zero attached hydrogens (tertiary/aromatic N) is 2. The Morgan fingerprint density at radius 1 is 1.12 bits per heavy atom. The van der Waals surface area contributed by atoms with E-state index in [1.165, 1.54) is 0 Å². The Morgan fingerprint density at radius 2 is 1.94 bits per heavy atom. The van der Waals surface area contributed by atoms with Crippen molar-refractivity contribution < 1.29 is 0 Å². The van der Waals surface area contributed by atoms with Gasteiger partial charge in [-0.25, -0.2) is 4.98 Å². The average molecular weight is 207 g/mol. The molecule has 2 aromatic carbocycles. The van der Waals surface area contributed by atoms with Crippen molar-refractivity contribution in [3.63, 3.8) is 0 Å². The molecule has 0 unspecified atom stereocenters. The summed E-state index contributed by atoms with van der Waals surface area (Å²) in [5.41, 5.74) is 3.27. The second-order valence-corrected chi connectivity index (χ2v) is 3.78. The molecular weight excluding hydrogens is 196 g/mol. The second kappa shape index (κ2) is 3.49. The van der Waals surface area contributed by atoms with Gasteiger partial charge in [0.1, 0.15) is 5.82 Å². The summed E-state index contributed by atoms with van der Waals surface area (Å²) < 4.78 is 2.10. The van der Waals surface area contributed by atoms with Gasteiger partial charge in [-0.2, -0.15) is 0 Å². The van der Waals surface area contributed by atoms with E-state index < -0.39 is 0 Å². The maximum absolute atomic E-state index is 4.63. The van der Waals surface area contributed by atoms with Gasteiger partial charge in [-0.05, 0) is 18.2 Å². The molecule has 2 nitrogen and oxygen atoms in total. The van der Waals surface area contributed by atoms with E-state index in [-0.39, 0.29) is 0 Å². The van der Waals surface area contributed by atoms with Crippen molar-refractivity contribution in [1.82, 2.24) is 9.55 Å². The number of hydrogen-bond acceptors (Lipinski definition) is 1. The molecule has 1 radical (unpaired) electrons. The predicted molar refractivity (Wildman–Crippen MR) is 65.0 cm³/mol. The lowest BCUT2D eigenvalue weighted by Gasteiger charge is -2.01. The third kappa shape index (κ3) is 1.31. The molecular formula is C14H11N2. The Labute approximate surface area is 94.2 Å². The summed E-state index contributed by atoms with van der Waals surface area (Å²) in [6.07, 6.45) is 0. The zero-order valence-electron chi connectivity index (χ0n) is 9.01. The summed E-state index contributed by atoms with van der Waals surface area (Å²) in [6.45, 7) is 0. The number of hydrogen-bond donors (Lipinski definition) is 0. The smallest absolute Gasteiger partial charge is 0.140 e. The molecule has 0 amide bonds. The van der Waals surface area contributed by atoms with Gasteiger partial charge in [-0.1, -0.05) is 36.4 Å². The highest BCUT2D eigenvalue weighted by Crippen LogP contribution is 2.22. The van der Waals surface area contributed by atoms with E-state index in [0.29, 0.717) is 0 Å². The highest BCUT2D eigenvalue weighted by Gasteiger charge is 2.07. The Bertz CT molecular complexity index is 624. The largest absolute Gasteiger partial charge is 0.327 e. The zero-order chi connectivity index (χ0) is 11.0. The molecule has 0 bridgehead atoms. The zero-order valence-corrected chi connectivity index (χ0v) is 9.01. The van der Waals surface area contributed by atoms with Crippen LogP contribution in [0.4, 0.5) is 0 Å². The third-order valence-corrected chi connectivity index (χ3v) is 2.76. The molecule has 1 heterocycles. The maximum atomic E-state index is 4.63. The first-order valence-electron chi connectivity index (χ1n) is 5.24. The Balaban J connectivity index is 2.29. The number of fused-ring (bicyclic) bond motifs is 1. The van der Waals surface area contributed by atoms with Crippen LogP contribution in [0.5, 0.6) is 0 Å². The quantitative estimate of drug-likeness (QED) is 0.599. The molecule has 0 saturated carbocycles. The van der Waals surface area contributed by atoms with Crippen molar-refractivity contribution in [2.75, 3.05) is 0 Å². The minimum Gasteiger partial charge on any atom is -0.327 e. The van der Waals surface area contributed by atoms with E-state index >= 15 is 0 Å². The van der Waals surface area contributed by atoms with Gasteiger partial charge in [0.05, 0.1) is 11.0 Å². The molecule has 0 aliphatic rings. The SMILES string of the molecule is Cn1c(-c2ccccc2)nc2cc[c]cc21. The van der Waals surface area contributed by atoms with Crippen LogP contribution < -0.4 is 0 Å². The molecule has 16 heavy (non-hydrogen) atoms. The van der Waals surface area contributed by atoms with Gasteiger partial charge in [0, 0.05) is 12.6 Å². The summed E-state index contributed by atoms with van der Waals surface area (Å²) in [5.74, 6) is 0.996. The molecule has 3 aromatic rings. The van der Waals surface area contributed by atoms with Crippen molar-refractivity contribution in [3.05, 3.63) is 54.6 Å². The standard InChI is InChI=1S/C14H11N2/c1-16-13-10-6-5-9-12(13)15-14(16)11-7-3-2-4-8-11/h2-5,7-10H,1H3. The van der Waals surface area contributed by atoms with E-state index in [4.69, 9.17) is 0 Å². The predicted octanol–water partition coefficient (Wildman–Crippen LogP) is 3.04. The van der Waals surface area contributed by atoms with Gasteiger partial charge < -0.3 is 4.57 Å². The van der Waals surface area contributed by atoms with Crippen LogP contribution in [-0.2, 0) is 7.05 Å². The van der Waals surface area contributed by atoms with E-state index in [1.807, 2.05) is 43.4 Å². The van der Waals surface area contributed by atoms with Crippen LogP contribution in [0.1, 0.15) is 0 Å². The van der Waals surface area contributed by atoms with Gasteiger partial charge in [-0.15, -0.1) is 0 Å². The van der Waals surface area contributed by atoms with Crippen LogP contribution in [0.25, 0.3) is 22.4 Å². The summed E-state index contributed by atoms with van der Waals surface area (Å²) in [5, 5.41) is 0. The molecule has 77 valence electrons. The Hall–Kier alpha value is -2.09. The highest BCUT2D eigenvalue weighted by atomic mass is 15.1. The average Bonchev–Trinajstić information content (AvgIpc) is 2.69. The number of aromatic nitrogens is 2. The normalized spacial score (nSPS) is 10.8. The fourth-order valence-corrected chi connectivity index (χ4v) is 1.93.